The molecule has 1 aromatic carbocycles. The predicted molar refractivity (Wildman–Crippen MR) is 126 cm³/mol. The molecule has 6 atom stereocenters. The van der Waals surface area contributed by atoms with Gasteiger partial charge >= 0.3 is 19.4 Å². The molecule has 0 saturated carbocycles. The Morgan fingerprint density at radius 3 is 2.58 bits per heavy atom. The molecule has 1 aromatic heterocycles. The monoisotopic (exact) mass is 528 g/mol. The lowest BCUT2D eigenvalue weighted by Crippen LogP contribution is -2.39. The van der Waals surface area contributed by atoms with Crippen LogP contribution in [-0.2, 0) is 28.1 Å². The molecule has 1 fully saturated rings. The number of benzene rings is 1. The zero-order valence-corrected chi connectivity index (χ0v) is 21.0. The van der Waals surface area contributed by atoms with Crippen LogP contribution in [-0.4, -0.2) is 64.8 Å². The second-order valence-corrected chi connectivity index (χ2v) is 9.92. The van der Waals surface area contributed by atoms with Crippen LogP contribution in [0.1, 0.15) is 28.4 Å². The van der Waals surface area contributed by atoms with E-state index in [-0.39, 0.29) is 5.75 Å². The van der Waals surface area contributed by atoms with Crippen molar-refractivity contribution in [3.05, 3.63) is 63.4 Å². The lowest BCUT2D eigenvalue weighted by molar-refractivity contribution is -0.149. The zero-order chi connectivity index (χ0) is 27.3. The van der Waals surface area contributed by atoms with Crippen LogP contribution < -0.4 is 20.9 Å². The fourth-order valence-corrected chi connectivity index (χ4v) is 4.90. The van der Waals surface area contributed by atoms with Crippen molar-refractivity contribution in [2.75, 3.05) is 13.7 Å². The van der Waals surface area contributed by atoms with E-state index < -0.39 is 74.4 Å². The quantitative estimate of drug-likeness (QED) is 0.280. The van der Waals surface area contributed by atoms with Gasteiger partial charge in [0.15, 0.2) is 6.23 Å². The number of aromatic amines is 1. The Kier molecular flexibility index (Phi) is 8.72. The highest BCUT2D eigenvalue weighted by molar-refractivity contribution is 7.52. The molecule has 3 N–H and O–H groups in total. The van der Waals surface area contributed by atoms with Crippen molar-refractivity contribution < 1.29 is 39.1 Å². The molecule has 1 aliphatic rings. The molecule has 1 saturated heterocycles. The van der Waals surface area contributed by atoms with Gasteiger partial charge in [0.2, 0.25) is 0 Å². The van der Waals surface area contributed by atoms with E-state index in [1.165, 1.54) is 26.2 Å². The summed E-state index contributed by atoms with van der Waals surface area (Å²) >= 11 is 0. The Hall–Kier alpha value is -2.80. The number of hydrogen-bond donors (Lipinski definition) is 3. The number of hydrogen-bond acceptors (Lipinski definition) is 10. The molecule has 14 heteroatoms. The number of nitrogens with one attached hydrogen (secondary N) is 2. The van der Waals surface area contributed by atoms with Gasteiger partial charge in [-0.25, -0.2) is 9.36 Å². The number of methoxy groups -OCH3 is 1. The molecule has 0 radical (unpaired) electrons. The topological polar surface area (TPSA) is 167 Å². The molecule has 0 unspecified atom stereocenters. The van der Waals surface area contributed by atoms with Gasteiger partial charge in [0.1, 0.15) is 30.1 Å². The van der Waals surface area contributed by atoms with Crippen LogP contribution >= 0.6 is 7.75 Å². The Morgan fingerprint density at radius 2 is 1.97 bits per heavy atom. The van der Waals surface area contributed by atoms with Gasteiger partial charge in [-0.1, -0.05) is 18.2 Å². The van der Waals surface area contributed by atoms with E-state index in [9.17, 15) is 24.1 Å². The van der Waals surface area contributed by atoms with E-state index >= 15 is 0 Å². The van der Waals surface area contributed by atoms with Crippen molar-refractivity contribution in [3.63, 3.8) is 0 Å². The van der Waals surface area contributed by atoms with Gasteiger partial charge < -0.3 is 23.8 Å². The molecular formula is C22H30N3O10P. The number of nitrogens with zero attached hydrogens (tertiary/aromatic N) is 1. The minimum atomic E-state index is -4.26. The third-order valence-electron chi connectivity index (χ3n) is 5.06. The number of aliphatic hydroxyl groups is 1. The summed E-state index contributed by atoms with van der Waals surface area (Å²) in [6, 6.07) is 7.87. The van der Waals surface area contributed by atoms with Crippen LogP contribution in [0.3, 0.4) is 0 Å². The number of esters is 1. The largest absolute Gasteiger partial charge is 0.462 e. The highest BCUT2D eigenvalue weighted by Gasteiger charge is 2.47. The number of aliphatic hydroxyl groups excluding tert-OH is 1. The van der Waals surface area contributed by atoms with Gasteiger partial charge in [0.25, 0.3) is 5.56 Å². The highest BCUT2D eigenvalue weighted by Crippen LogP contribution is 2.46. The minimum Gasteiger partial charge on any atom is -0.462 e. The third-order valence-corrected chi connectivity index (χ3v) is 6.70. The van der Waals surface area contributed by atoms with Crippen molar-refractivity contribution in [1.29, 1.82) is 0 Å². The van der Waals surface area contributed by atoms with Gasteiger partial charge in [0.05, 0.1) is 14.1 Å². The highest BCUT2D eigenvalue weighted by atomic mass is 31.2. The molecule has 0 aliphatic carbocycles. The number of carbonyl (C=O) groups excluding carboxylic acids is 1. The van der Waals surface area contributed by atoms with Gasteiger partial charge in [-0.05, 0) is 32.9 Å². The molecule has 1 aliphatic heterocycles. The maximum Gasteiger partial charge on any atom is 0.459 e. The summed E-state index contributed by atoms with van der Waals surface area (Å²) in [5.41, 5.74) is -1.70. The first kappa shape index (κ1) is 26.3. The van der Waals surface area contributed by atoms with Crippen molar-refractivity contribution in [2.45, 2.75) is 57.5 Å². The molecular weight excluding hydrogens is 497 g/mol. The van der Waals surface area contributed by atoms with Crippen LogP contribution in [0.15, 0.2) is 52.2 Å². The number of para-hydroxylation sites is 1. The van der Waals surface area contributed by atoms with Crippen LogP contribution in [0, 0.1) is 0 Å². The van der Waals surface area contributed by atoms with E-state index in [0.717, 1.165) is 10.6 Å². The van der Waals surface area contributed by atoms with Gasteiger partial charge in [0, 0.05) is 19.3 Å². The summed E-state index contributed by atoms with van der Waals surface area (Å²) in [4.78, 5) is 38.1. The van der Waals surface area contributed by atoms with Crippen LogP contribution in [0.4, 0.5) is 0 Å². The van der Waals surface area contributed by atoms with Gasteiger partial charge in [-0.3, -0.25) is 23.7 Å². The van der Waals surface area contributed by atoms with Crippen LogP contribution in [0.2, 0.25) is 0 Å². The standard InChI is InChI=1S/C22H30N3O10P/c1-13(2)33-21(28)14(3)24-36(30,35-15-8-6-5-7-9-15)32-12-16-18(27)19(31-4)20(34-16)25-11-10-17(26)23-22(25)29/h5-11,13-14,16,18-20,27H,12H2,1-4H3,(H,24,30)(H,23,26,29)/t14-,16+,18+,19+,20+,36-/m0/s1/i11D. The van der Waals surface area contributed by atoms with Crippen molar-refractivity contribution >= 4 is 13.7 Å². The number of aromatic nitrogens is 2. The van der Waals surface area contributed by atoms with Crippen molar-refractivity contribution in [3.8, 4) is 5.75 Å². The second kappa shape index (κ2) is 12.0. The normalized spacial score (nSPS) is 24.7. The zero-order valence-electron chi connectivity index (χ0n) is 21.2. The third kappa shape index (κ3) is 6.90. The fraction of sp³-hybridized carbons (Fsp3) is 0.500. The molecule has 198 valence electrons. The lowest BCUT2D eigenvalue weighted by Gasteiger charge is -2.25. The molecule has 2 aromatic rings. The maximum atomic E-state index is 13.6. The SMILES string of the molecule is [2H]c1cc(=O)[nH]c(=O)n1[C@@H]1O[C@H](CO[P@@](=O)(N[C@@H](C)C(=O)OC(C)C)Oc2ccccc2)[C@@H](O)[C@H]1OC. The van der Waals surface area contributed by atoms with Crippen molar-refractivity contribution in [1.82, 2.24) is 14.6 Å². The van der Waals surface area contributed by atoms with Crippen LogP contribution in [0.25, 0.3) is 0 Å². The lowest BCUT2D eigenvalue weighted by atomic mass is 10.1. The molecule has 0 amide bonds. The average Bonchev–Trinajstić information content (AvgIpc) is 3.12. The Balaban J connectivity index is 1.81. The van der Waals surface area contributed by atoms with E-state index in [1.54, 1.807) is 32.0 Å². The predicted octanol–water partition coefficient (Wildman–Crippen LogP) is 0.943. The second-order valence-electron chi connectivity index (χ2n) is 8.23. The summed E-state index contributed by atoms with van der Waals surface area (Å²) in [5.74, 6) is -0.505. The van der Waals surface area contributed by atoms with E-state index in [2.05, 4.69) is 5.09 Å². The van der Waals surface area contributed by atoms with E-state index in [0.29, 0.717) is 0 Å². The van der Waals surface area contributed by atoms with Crippen LogP contribution in [0.5, 0.6) is 5.75 Å². The molecule has 0 spiro atoms. The molecule has 3 rings (SSSR count). The summed E-state index contributed by atoms with van der Waals surface area (Å²) in [6.45, 7) is 4.23. The minimum absolute atomic E-state index is 0.182. The first-order chi connectivity index (χ1) is 17.4. The average molecular weight is 528 g/mol. The van der Waals surface area contributed by atoms with Gasteiger partial charge in [-0.2, -0.15) is 5.09 Å². The van der Waals surface area contributed by atoms with Gasteiger partial charge in [-0.15, -0.1) is 0 Å². The Labute approximate surface area is 208 Å². The molecule has 2 heterocycles. The number of ether oxygens (including phenoxy) is 3. The first-order valence-corrected chi connectivity index (χ1v) is 12.6. The summed E-state index contributed by atoms with van der Waals surface area (Å²) in [6.07, 6.45) is -5.89. The number of carbonyl (C=O) groups is 1. The summed E-state index contributed by atoms with van der Waals surface area (Å²) < 4.78 is 49.7. The fourth-order valence-electron chi connectivity index (χ4n) is 3.40. The van der Waals surface area contributed by atoms with E-state index in [1.807, 2.05) is 4.98 Å². The Morgan fingerprint density at radius 1 is 1.28 bits per heavy atom. The maximum absolute atomic E-state index is 13.6. The smallest absolute Gasteiger partial charge is 0.459 e. The summed E-state index contributed by atoms with van der Waals surface area (Å²) in [7, 11) is -2.99. The first-order valence-electron chi connectivity index (χ1n) is 11.6. The number of rotatable bonds is 11. The Bertz CT molecular complexity index is 1240. The van der Waals surface area contributed by atoms with E-state index in [4.69, 9.17) is 24.6 Å². The van der Waals surface area contributed by atoms with Crippen molar-refractivity contribution in [2.24, 2.45) is 0 Å². The molecule has 13 nitrogen and oxygen atoms in total. The molecule has 36 heavy (non-hydrogen) atoms. The summed E-state index contributed by atoms with van der Waals surface area (Å²) in [5, 5.41) is 13.3. The number of H-pyrrole nitrogens is 1. The molecule has 0 bridgehead atoms.